The average Bonchev–Trinajstić information content (AvgIpc) is 3.18. The van der Waals surface area contributed by atoms with E-state index in [0.717, 1.165) is 109 Å². The van der Waals surface area contributed by atoms with Crippen molar-refractivity contribution in [2.75, 3.05) is 0 Å². The molecular weight excluding hydrogens is 792 g/mol. The Kier molecular flexibility index (Phi) is 16.2. The van der Waals surface area contributed by atoms with Gasteiger partial charge in [0.05, 0.1) is 21.0 Å². The van der Waals surface area contributed by atoms with Gasteiger partial charge in [-0.2, -0.15) is 47.0 Å². The highest BCUT2D eigenvalue weighted by Gasteiger charge is 2.41. The fourth-order valence-corrected chi connectivity index (χ4v) is 22.8. The molecule has 54 heavy (non-hydrogen) atoms. The Hall–Kier alpha value is 1.23. The Bertz CT molecular complexity index is 1340. The number of halogens is 1. The van der Waals surface area contributed by atoms with Crippen molar-refractivity contribution in [1.29, 1.82) is 0 Å². The number of alkyl halides is 1. The van der Waals surface area contributed by atoms with Gasteiger partial charge in [-0.05, 0) is 186 Å². The van der Waals surface area contributed by atoms with Gasteiger partial charge in [-0.3, -0.25) is 0 Å². The van der Waals surface area contributed by atoms with Crippen LogP contribution in [0.5, 0.6) is 0 Å². The quantitative estimate of drug-likeness (QED) is 0.192. The third kappa shape index (κ3) is 11.7. The van der Waals surface area contributed by atoms with Crippen LogP contribution in [0.3, 0.4) is 0 Å². The summed E-state index contributed by atoms with van der Waals surface area (Å²) in [7, 11) is -6.12. The second-order valence-electron chi connectivity index (χ2n) is 19.0. The Labute approximate surface area is 347 Å². The molecule has 0 amide bonds. The van der Waals surface area contributed by atoms with E-state index in [1.54, 1.807) is 0 Å². The molecule has 7 rings (SSSR count). The van der Waals surface area contributed by atoms with Crippen LogP contribution in [-0.2, 0) is 19.7 Å². The first kappa shape index (κ1) is 43.3. The number of hydrogen-bond acceptors (Lipinski definition) is 8. The molecule has 0 N–H and O–H groups in total. The highest BCUT2D eigenvalue weighted by Crippen LogP contribution is 2.47. The van der Waals surface area contributed by atoms with E-state index >= 15 is 0 Å². The predicted molar refractivity (Wildman–Crippen MR) is 237 cm³/mol. The summed E-state index contributed by atoms with van der Waals surface area (Å²) in [6.45, 7) is 2.39. The minimum absolute atomic E-state index is 0.0736. The van der Waals surface area contributed by atoms with Crippen LogP contribution in [0.2, 0.25) is 0 Å². The van der Waals surface area contributed by atoms with Gasteiger partial charge in [0.25, 0.3) is 0 Å². The summed E-state index contributed by atoms with van der Waals surface area (Å²) in [6.07, 6.45) is 29.0. The van der Waals surface area contributed by atoms with Crippen LogP contribution in [0.1, 0.15) is 187 Å². The molecule has 11 heteroatoms. The van der Waals surface area contributed by atoms with E-state index in [4.69, 9.17) is 0 Å². The van der Waals surface area contributed by atoms with E-state index in [0.29, 0.717) is 41.4 Å². The molecule has 0 unspecified atom stereocenters. The molecule has 0 heterocycles. The first-order valence-corrected chi connectivity index (χ1v) is 29.7. The van der Waals surface area contributed by atoms with Crippen molar-refractivity contribution in [3.63, 3.8) is 0 Å². The molecule has 4 nitrogen and oxygen atoms in total. The van der Waals surface area contributed by atoms with Crippen molar-refractivity contribution in [1.82, 2.24) is 0 Å². The highest BCUT2D eigenvalue weighted by molar-refractivity contribution is 8.01. The molecule has 0 spiro atoms. The van der Waals surface area contributed by atoms with Crippen molar-refractivity contribution in [2.24, 2.45) is 5.92 Å². The molecule has 0 aromatic heterocycles. The van der Waals surface area contributed by atoms with Crippen LogP contribution in [0.4, 0.5) is 4.39 Å². The summed E-state index contributed by atoms with van der Waals surface area (Å²) in [6, 6.07) is 0. The van der Waals surface area contributed by atoms with Crippen molar-refractivity contribution in [3.05, 3.63) is 0 Å². The van der Waals surface area contributed by atoms with Crippen LogP contribution in [-0.4, -0.2) is 86.0 Å². The Morgan fingerprint density at radius 3 is 0.741 bits per heavy atom. The molecule has 0 saturated heterocycles. The van der Waals surface area contributed by atoms with Crippen molar-refractivity contribution in [2.45, 2.75) is 256 Å². The normalized spacial score (nSPS) is 43.4. The first-order chi connectivity index (χ1) is 26.0. The largest absolute Gasteiger partial charge is 0.247 e. The number of hydrogen-bond donors (Lipinski definition) is 0. The van der Waals surface area contributed by atoms with Crippen molar-refractivity contribution in [3.8, 4) is 0 Å². The number of thioether (sulfide) groups is 4. The lowest BCUT2D eigenvalue weighted by molar-refractivity contribution is 0.251. The van der Waals surface area contributed by atoms with Gasteiger partial charge in [-0.1, -0.05) is 6.92 Å². The topological polar surface area (TPSA) is 68.3 Å². The maximum Gasteiger partial charge on any atom is 0.156 e. The standard InChI is InChI=1S/C43H73FO4S6/c1-30-2-6-32(7-3-30)49-37-16-26-42(27-17-37)54(47,48)43-28-20-39(21-29-43)52-36-14-10-34(11-15-36)50-33-8-12-35(13-9-33)51-38-18-24-41(25-19-38)53(45,46)40-22-4-31(44)5-23-40/h30-43H,2-29H2,1H3. The molecule has 7 saturated carbocycles. The summed E-state index contributed by atoms with van der Waals surface area (Å²) < 4.78 is 67.5. The lowest BCUT2D eigenvalue weighted by Gasteiger charge is -2.37. The van der Waals surface area contributed by atoms with Crippen LogP contribution in [0, 0.1) is 5.92 Å². The SMILES string of the molecule is CC1CCC(SC2CCC(S(=O)(=O)C3CCC(SC4CCC(SC5CCC(SC6CCC(S(=O)(=O)C7CCC(F)CC7)CC6)CC5)CC4)CC3)CC2)CC1. The first-order valence-electron chi connectivity index (χ1n) is 22.7. The maximum absolute atomic E-state index is 13.7. The second kappa shape index (κ2) is 20.2. The van der Waals surface area contributed by atoms with Crippen molar-refractivity contribution < 1.29 is 21.2 Å². The van der Waals surface area contributed by atoms with Gasteiger partial charge >= 0.3 is 0 Å². The van der Waals surface area contributed by atoms with E-state index < -0.39 is 25.8 Å². The second-order valence-corrected chi connectivity index (χ2v) is 30.4. The molecule has 7 aliphatic carbocycles. The summed E-state index contributed by atoms with van der Waals surface area (Å²) in [5.74, 6) is 0.894. The van der Waals surface area contributed by atoms with Gasteiger partial charge in [0.15, 0.2) is 19.7 Å². The van der Waals surface area contributed by atoms with Gasteiger partial charge in [-0.15, -0.1) is 0 Å². The molecule has 312 valence electrons. The maximum atomic E-state index is 13.7. The molecule has 0 aromatic carbocycles. The predicted octanol–water partition coefficient (Wildman–Crippen LogP) is 12.2. The minimum atomic E-state index is -3.11. The number of sulfone groups is 2. The molecule has 0 radical (unpaired) electrons. The van der Waals surface area contributed by atoms with E-state index in [9.17, 15) is 21.2 Å². The van der Waals surface area contributed by atoms with E-state index in [1.165, 1.54) is 77.0 Å². The zero-order chi connectivity index (χ0) is 37.7. The van der Waals surface area contributed by atoms with Gasteiger partial charge < -0.3 is 0 Å². The summed E-state index contributed by atoms with van der Waals surface area (Å²) in [4.78, 5) is 0. The van der Waals surface area contributed by atoms with Gasteiger partial charge in [0.1, 0.15) is 6.17 Å². The van der Waals surface area contributed by atoms with Gasteiger partial charge in [-0.25, -0.2) is 21.2 Å². The van der Waals surface area contributed by atoms with Crippen LogP contribution in [0.25, 0.3) is 0 Å². The highest BCUT2D eigenvalue weighted by atomic mass is 32.2. The molecule has 0 bridgehead atoms. The fourth-order valence-electron chi connectivity index (χ4n) is 11.4. The summed E-state index contributed by atoms with van der Waals surface area (Å²) in [5.41, 5.74) is 0. The average molecular weight is 865 g/mol. The van der Waals surface area contributed by atoms with E-state index in [2.05, 4.69) is 54.0 Å². The van der Waals surface area contributed by atoms with E-state index in [-0.39, 0.29) is 21.0 Å². The number of rotatable bonds is 12. The van der Waals surface area contributed by atoms with Crippen molar-refractivity contribution >= 4 is 66.7 Å². The Morgan fingerprint density at radius 1 is 0.315 bits per heavy atom. The molecule has 0 atom stereocenters. The lowest BCUT2D eigenvalue weighted by Crippen LogP contribution is -2.38. The molecule has 7 fully saturated rings. The molecule has 7 aliphatic rings. The smallest absolute Gasteiger partial charge is 0.156 e. The fraction of sp³-hybridized carbons (Fsp3) is 1.00. The molecule has 0 aromatic rings. The van der Waals surface area contributed by atoms with Crippen LogP contribution >= 0.6 is 47.0 Å². The lowest BCUT2D eigenvalue weighted by atomic mass is 9.91. The molecular formula is C43H73FO4S6. The minimum Gasteiger partial charge on any atom is -0.247 e. The van der Waals surface area contributed by atoms with Crippen LogP contribution in [0.15, 0.2) is 0 Å². The molecule has 0 aliphatic heterocycles. The zero-order valence-electron chi connectivity index (χ0n) is 33.3. The van der Waals surface area contributed by atoms with Crippen LogP contribution < -0.4 is 0 Å². The Morgan fingerprint density at radius 2 is 0.500 bits per heavy atom. The van der Waals surface area contributed by atoms with E-state index in [1.807, 2.05) is 0 Å². The zero-order valence-corrected chi connectivity index (χ0v) is 38.2. The third-order valence-electron chi connectivity index (χ3n) is 15.1. The Balaban J connectivity index is 0.732. The summed E-state index contributed by atoms with van der Waals surface area (Å²) in [5, 5.41) is 5.27. The summed E-state index contributed by atoms with van der Waals surface area (Å²) >= 11 is 8.91. The third-order valence-corrected chi connectivity index (χ3v) is 27.5. The monoisotopic (exact) mass is 864 g/mol. The van der Waals surface area contributed by atoms with Gasteiger partial charge in [0, 0.05) is 42.0 Å². The van der Waals surface area contributed by atoms with Gasteiger partial charge in [0.2, 0.25) is 0 Å².